The predicted molar refractivity (Wildman–Crippen MR) is 172 cm³/mol. The lowest BCUT2D eigenvalue weighted by molar-refractivity contribution is -0.114. The van der Waals surface area contributed by atoms with E-state index in [0.29, 0.717) is 43.4 Å². The summed E-state index contributed by atoms with van der Waals surface area (Å²) < 4.78 is 31.1. The van der Waals surface area contributed by atoms with E-state index in [-0.39, 0.29) is 23.7 Å². The Morgan fingerprint density at radius 3 is 2.42 bits per heavy atom. The first-order chi connectivity index (χ1) is 20.6. The number of hydrogen-bond acceptors (Lipinski definition) is 7. The van der Waals surface area contributed by atoms with Crippen LogP contribution in [0.4, 0.5) is 15.8 Å². The fourth-order valence-electron chi connectivity index (χ4n) is 4.75. The molecule has 0 aliphatic rings. The molecule has 0 aliphatic carbocycles. The number of amides is 1. The van der Waals surface area contributed by atoms with Gasteiger partial charge in [0.1, 0.15) is 10.7 Å². The Morgan fingerprint density at radius 1 is 1.09 bits per heavy atom. The molecule has 2 heterocycles. The van der Waals surface area contributed by atoms with Crippen molar-refractivity contribution in [2.45, 2.75) is 20.4 Å². The molecule has 13 heteroatoms. The van der Waals surface area contributed by atoms with Gasteiger partial charge in [0.25, 0.3) is 16.8 Å². The first-order valence-corrected chi connectivity index (χ1v) is 15.5. The normalized spacial score (nSPS) is 11.7. The number of fused-ring (bicyclic) bond motifs is 1. The van der Waals surface area contributed by atoms with Crippen LogP contribution in [0.5, 0.6) is 0 Å². The SMILES string of the molecule is COC(=O)c1c(-c2ccccc2)c2cc(Br)ccc2c(=O)n1Cc1ccc(N(c2sc(NC(C)=O)nc2C)S(=O)O)cc1. The topological polar surface area (TPSA) is 131 Å². The summed E-state index contributed by atoms with van der Waals surface area (Å²) in [5, 5.41) is 4.32. The quantitative estimate of drug-likeness (QED) is 0.146. The fourth-order valence-corrected chi connectivity index (χ4v) is 6.94. The van der Waals surface area contributed by atoms with Gasteiger partial charge in [-0.15, -0.1) is 0 Å². The molecule has 3 aromatic carbocycles. The molecule has 1 atom stereocenters. The Bertz CT molecular complexity index is 1940. The van der Waals surface area contributed by atoms with E-state index in [1.54, 1.807) is 43.3 Å². The number of nitrogens with zero attached hydrogens (tertiary/aromatic N) is 3. The van der Waals surface area contributed by atoms with E-state index in [4.69, 9.17) is 4.74 Å². The lowest BCUT2D eigenvalue weighted by atomic mass is 9.96. The van der Waals surface area contributed by atoms with Crippen LogP contribution < -0.4 is 15.2 Å². The van der Waals surface area contributed by atoms with Crippen molar-refractivity contribution in [2.75, 3.05) is 16.7 Å². The van der Waals surface area contributed by atoms with Crippen LogP contribution >= 0.6 is 27.3 Å². The Kier molecular flexibility index (Phi) is 8.87. The van der Waals surface area contributed by atoms with Crippen molar-refractivity contribution in [2.24, 2.45) is 0 Å². The number of esters is 1. The molecule has 5 rings (SSSR count). The van der Waals surface area contributed by atoms with Crippen molar-refractivity contribution in [3.05, 3.63) is 105 Å². The second-order valence-electron chi connectivity index (χ2n) is 9.44. The molecule has 1 amide bonds. The van der Waals surface area contributed by atoms with Crippen molar-refractivity contribution in [1.29, 1.82) is 0 Å². The highest BCUT2D eigenvalue weighted by Crippen LogP contribution is 2.38. The summed E-state index contributed by atoms with van der Waals surface area (Å²) in [4.78, 5) is 42.9. The highest BCUT2D eigenvalue weighted by Gasteiger charge is 2.25. The third-order valence-electron chi connectivity index (χ3n) is 6.58. The first kappa shape index (κ1) is 30.3. The number of aromatic nitrogens is 2. The lowest BCUT2D eigenvalue weighted by Gasteiger charge is -2.20. The van der Waals surface area contributed by atoms with E-state index in [1.807, 2.05) is 36.4 Å². The molecule has 2 N–H and O–H groups in total. The lowest BCUT2D eigenvalue weighted by Crippen LogP contribution is -2.28. The van der Waals surface area contributed by atoms with Crippen LogP contribution in [-0.2, 0) is 27.3 Å². The molecule has 0 spiro atoms. The van der Waals surface area contributed by atoms with Gasteiger partial charge in [0.15, 0.2) is 5.13 Å². The molecule has 0 saturated carbocycles. The smallest absolute Gasteiger partial charge is 0.355 e. The molecule has 0 radical (unpaired) electrons. The number of methoxy groups -OCH3 is 1. The van der Waals surface area contributed by atoms with Gasteiger partial charge in [-0.3, -0.25) is 18.7 Å². The maximum absolute atomic E-state index is 13.9. The van der Waals surface area contributed by atoms with Gasteiger partial charge in [-0.2, -0.15) is 0 Å². The van der Waals surface area contributed by atoms with Gasteiger partial charge < -0.3 is 10.1 Å². The van der Waals surface area contributed by atoms with Crippen LogP contribution in [-0.4, -0.2) is 37.3 Å². The average molecular weight is 682 g/mol. The van der Waals surface area contributed by atoms with E-state index in [0.717, 1.165) is 21.4 Å². The van der Waals surface area contributed by atoms with Crippen LogP contribution in [0.15, 0.2) is 82.1 Å². The second kappa shape index (κ2) is 12.6. The highest BCUT2D eigenvalue weighted by molar-refractivity contribution is 9.10. The van der Waals surface area contributed by atoms with E-state index >= 15 is 0 Å². The van der Waals surface area contributed by atoms with Gasteiger partial charge in [0, 0.05) is 22.3 Å². The molecule has 5 aromatic rings. The predicted octanol–water partition coefficient (Wildman–Crippen LogP) is 6.26. The number of ether oxygens (including phenoxy) is 1. The Labute approximate surface area is 261 Å². The molecule has 1 unspecified atom stereocenters. The summed E-state index contributed by atoms with van der Waals surface area (Å²) in [5.41, 5.74) is 2.57. The van der Waals surface area contributed by atoms with E-state index in [2.05, 4.69) is 26.2 Å². The molecule has 43 heavy (non-hydrogen) atoms. The zero-order valence-electron chi connectivity index (χ0n) is 23.2. The number of halogens is 1. The molecule has 0 bridgehead atoms. The fraction of sp³-hybridized carbons (Fsp3) is 0.133. The van der Waals surface area contributed by atoms with Gasteiger partial charge in [0.05, 0.1) is 25.0 Å². The summed E-state index contributed by atoms with van der Waals surface area (Å²) in [7, 11) is 1.27. The van der Waals surface area contributed by atoms with E-state index in [1.165, 1.54) is 22.9 Å². The van der Waals surface area contributed by atoms with E-state index in [9.17, 15) is 23.1 Å². The van der Waals surface area contributed by atoms with Crippen LogP contribution in [0.3, 0.4) is 0 Å². The van der Waals surface area contributed by atoms with Crippen LogP contribution in [0.2, 0.25) is 0 Å². The van der Waals surface area contributed by atoms with Gasteiger partial charge in [-0.1, -0.05) is 69.7 Å². The third kappa shape index (κ3) is 6.15. The van der Waals surface area contributed by atoms with Crippen molar-refractivity contribution in [3.63, 3.8) is 0 Å². The van der Waals surface area contributed by atoms with Gasteiger partial charge >= 0.3 is 5.97 Å². The van der Waals surface area contributed by atoms with Crippen molar-refractivity contribution < 1.29 is 23.1 Å². The minimum absolute atomic E-state index is 0.0316. The minimum atomic E-state index is -2.45. The van der Waals surface area contributed by atoms with Crippen molar-refractivity contribution >= 4 is 77.0 Å². The maximum atomic E-state index is 13.9. The summed E-state index contributed by atoms with van der Waals surface area (Å²) in [6, 6.07) is 21.3. The molecule has 0 aliphatic heterocycles. The molecule has 0 fully saturated rings. The van der Waals surface area contributed by atoms with Crippen LogP contribution in [0.25, 0.3) is 21.9 Å². The zero-order chi connectivity index (χ0) is 30.8. The summed E-state index contributed by atoms with van der Waals surface area (Å²) in [6.07, 6.45) is 0. The summed E-state index contributed by atoms with van der Waals surface area (Å²) >= 11 is 2.11. The molecule has 0 saturated heterocycles. The zero-order valence-corrected chi connectivity index (χ0v) is 26.4. The Hall–Kier alpha value is -4.17. The Morgan fingerprint density at radius 2 is 1.79 bits per heavy atom. The number of thiazole rings is 1. The molecular formula is C30H25BrN4O6S2. The number of hydrogen-bond donors (Lipinski definition) is 2. The standard InChI is InChI=1S/C30H25BrN4O6S2/c1-17-28(42-30(32-17)33-18(2)36)35(43(39)40)22-12-9-19(10-13-22)16-34-26(29(38)41-3)25(20-7-5-4-6-8-20)24-15-21(31)11-14-23(24)27(34)37/h4-15H,16H2,1-3H3,(H,39,40)(H,32,33,36). The number of carbonyl (C=O) groups is 2. The number of pyridine rings is 1. The van der Waals surface area contributed by atoms with Crippen molar-refractivity contribution in [3.8, 4) is 11.1 Å². The second-order valence-corrected chi connectivity index (χ2v) is 12.2. The highest BCUT2D eigenvalue weighted by atomic mass is 79.9. The summed E-state index contributed by atoms with van der Waals surface area (Å²) in [6.45, 7) is 3.06. The van der Waals surface area contributed by atoms with Gasteiger partial charge in [-0.25, -0.2) is 18.3 Å². The number of aryl methyl sites for hydroxylation is 1. The van der Waals surface area contributed by atoms with Crippen LogP contribution in [0, 0.1) is 6.92 Å². The largest absolute Gasteiger partial charge is 0.464 e. The number of anilines is 3. The monoisotopic (exact) mass is 680 g/mol. The number of benzene rings is 3. The number of carbonyl (C=O) groups excluding carboxylic acids is 2. The molecular weight excluding hydrogens is 656 g/mol. The molecule has 220 valence electrons. The minimum Gasteiger partial charge on any atom is -0.464 e. The van der Waals surface area contributed by atoms with Crippen molar-refractivity contribution in [1.82, 2.24) is 9.55 Å². The van der Waals surface area contributed by atoms with Gasteiger partial charge in [0.2, 0.25) is 5.91 Å². The third-order valence-corrected chi connectivity index (χ3v) is 8.95. The summed E-state index contributed by atoms with van der Waals surface area (Å²) in [5.74, 6) is -0.966. The Balaban J connectivity index is 1.61. The van der Waals surface area contributed by atoms with Gasteiger partial charge in [-0.05, 0) is 53.8 Å². The number of rotatable bonds is 8. The molecule has 10 nitrogen and oxygen atoms in total. The maximum Gasteiger partial charge on any atom is 0.355 e. The first-order valence-electron chi connectivity index (χ1n) is 12.8. The molecule has 2 aromatic heterocycles. The van der Waals surface area contributed by atoms with Crippen LogP contribution in [0.1, 0.15) is 28.7 Å². The van der Waals surface area contributed by atoms with E-state index < -0.39 is 17.2 Å². The average Bonchev–Trinajstić information content (AvgIpc) is 3.33. The number of nitrogens with one attached hydrogen (secondary N) is 1.